The summed E-state index contributed by atoms with van der Waals surface area (Å²) < 4.78 is 6.64. The zero-order valence-corrected chi connectivity index (χ0v) is 12.6. The number of halogens is 1. The van der Waals surface area contributed by atoms with Crippen molar-refractivity contribution in [3.8, 4) is 5.75 Å². The molecule has 0 spiro atoms. The molecule has 20 heavy (non-hydrogen) atoms. The molecule has 0 aliphatic carbocycles. The van der Waals surface area contributed by atoms with Crippen LogP contribution in [0.25, 0.3) is 10.9 Å². The molecule has 6 heteroatoms. The van der Waals surface area contributed by atoms with E-state index >= 15 is 0 Å². The topological polar surface area (TPSA) is 71.5 Å². The number of hydrogen-bond acceptors (Lipinski definition) is 4. The summed E-state index contributed by atoms with van der Waals surface area (Å²) in [4.78, 5) is 15.4. The summed E-state index contributed by atoms with van der Waals surface area (Å²) in [6.07, 6.45) is 0.743. The van der Waals surface area contributed by atoms with Gasteiger partial charge in [0.2, 0.25) is 5.91 Å². The number of nitrogens with one attached hydrogen (secondary N) is 1. The Bertz CT molecular complexity index is 631. The molecular weight excluding hydrogens is 324 g/mol. The smallest absolute Gasteiger partial charge is 0.243 e. The molecule has 1 aromatic carbocycles. The quantitative estimate of drug-likeness (QED) is 0.499. The minimum atomic E-state index is -0.414. The summed E-state index contributed by atoms with van der Waals surface area (Å²) in [5.41, 5.74) is 3.31. The van der Waals surface area contributed by atoms with Crippen molar-refractivity contribution >= 4 is 32.7 Å². The highest BCUT2D eigenvalue weighted by Crippen LogP contribution is 2.30. The molecule has 0 unspecified atom stereocenters. The zero-order valence-electron chi connectivity index (χ0n) is 11.0. The van der Waals surface area contributed by atoms with Gasteiger partial charge in [-0.05, 0) is 37.6 Å². The maximum Gasteiger partial charge on any atom is 0.243 e. The first-order valence-corrected chi connectivity index (χ1v) is 7.02. The van der Waals surface area contributed by atoms with Crippen LogP contribution >= 0.6 is 15.9 Å². The Morgan fingerprint density at radius 3 is 2.95 bits per heavy atom. The average molecular weight is 339 g/mol. The van der Waals surface area contributed by atoms with Gasteiger partial charge in [-0.3, -0.25) is 10.0 Å². The predicted octanol–water partition coefficient (Wildman–Crippen LogP) is 2.97. The maximum atomic E-state index is 10.9. The Balaban J connectivity index is 2.12. The van der Waals surface area contributed by atoms with Crippen molar-refractivity contribution < 1.29 is 14.7 Å². The molecule has 0 aliphatic heterocycles. The minimum absolute atomic E-state index is 0.220. The number of amides is 1. The van der Waals surface area contributed by atoms with Gasteiger partial charge in [-0.25, -0.2) is 10.5 Å². The van der Waals surface area contributed by atoms with Gasteiger partial charge in [-0.1, -0.05) is 15.9 Å². The molecule has 0 fully saturated rings. The largest absolute Gasteiger partial charge is 0.491 e. The minimum Gasteiger partial charge on any atom is -0.491 e. The third kappa shape index (κ3) is 3.46. The number of nitrogens with zero attached hydrogens (tertiary/aromatic N) is 1. The van der Waals surface area contributed by atoms with Crippen molar-refractivity contribution in [3.05, 3.63) is 34.4 Å². The highest BCUT2D eigenvalue weighted by molar-refractivity contribution is 9.10. The molecule has 1 heterocycles. The molecule has 2 aromatic rings. The lowest BCUT2D eigenvalue weighted by molar-refractivity contribution is -0.129. The monoisotopic (exact) mass is 338 g/mol. The Kier molecular flexibility index (Phi) is 4.92. The van der Waals surface area contributed by atoms with Crippen LogP contribution in [0.1, 0.15) is 18.5 Å². The first-order valence-electron chi connectivity index (χ1n) is 6.23. The number of benzene rings is 1. The van der Waals surface area contributed by atoms with Crippen molar-refractivity contribution in [3.63, 3.8) is 0 Å². The fourth-order valence-electron chi connectivity index (χ4n) is 1.84. The van der Waals surface area contributed by atoms with Gasteiger partial charge in [0.1, 0.15) is 11.3 Å². The van der Waals surface area contributed by atoms with E-state index < -0.39 is 5.91 Å². The third-order valence-electron chi connectivity index (χ3n) is 2.84. The van der Waals surface area contributed by atoms with Crippen LogP contribution in [-0.4, -0.2) is 22.7 Å². The molecule has 1 aromatic heterocycles. The van der Waals surface area contributed by atoms with Crippen molar-refractivity contribution in [1.82, 2.24) is 10.5 Å². The number of hydrogen-bond donors (Lipinski definition) is 2. The lowest BCUT2D eigenvalue weighted by Crippen LogP contribution is -2.18. The molecule has 0 saturated carbocycles. The Morgan fingerprint density at radius 2 is 2.20 bits per heavy atom. The molecule has 106 valence electrons. The van der Waals surface area contributed by atoms with Crippen LogP contribution in [0, 0.1) is 6.92 Å². The van der Waals surface area contributed by atoms with Gasteiger partial charge < -0.3 is 4.74 Å². The molecule has 0 aliphatic rings. The summed E-state index contributed by atoms with van der Waals surface area (Å²) in [6.45, 7) is 2.31. The van der Waals surface area contributed by atoms with Crippen LogP contribution in [0.5, 0.6) is 5.75 Å². The van der Waals surface area contributed by atoms with Crippen LogP contribution in [0.2, 0.25) is 0 Å². The predicted molar refractivity (Wildman–Crippen MR) is 78.8 cm³/mol. The Morgan fingerprint density at radius 1 is 1.40 bits per heavy atom. The number of aromatic nitrogens is 1. The van der Waals surface area contributed by atoms with E-state index in [1.807, 2.05) is 31.2 Å². The van der Waals surface area contributed by atoms with E-state index in [4.69, 9.17) is 9.94 Å². The molecule has 0 radical (unpaired) electrons. The molecule has 1 amide bonds. The SMILES string of the molecule is Cc1ccc2c(Br)ccc(OCCCC(=O)NO)c2n1. The summed E-state index contributed by atoms with van der Waals surface area (Å²) in [5.74, 6) is 0.277. The van der Waals surface area contributed by atoms with Crippen LogP contribution in [0.4, 0.5) is 0 Å². The first-order chi connectivity index (χ1) is 9.61. The molecule has 0 atom stereocenters. The van der Waals surface area contributed by atoms with E-state index in [2.05, 4.69) is 20.9 Å². The highest BCUT2D eigenvalue weighted by atomic mass is 79.9. The zero-order chi connectivity index (χ0) is 14.5. The van der Waals surface area contributed by atoms with Gasteiger partial charge >= 0.3 is 0 Å². The van der Waals surface area contributed by atoms with Gasteiger partial charge in [0.25, 0.3) is 0 Å². The van der Waals surface area contributed by atoms with Gasteiger partial charge in [-0.15, -0.1) is 0 Å². The van der Waals surface area contributed by atoms with Gasteiger partial charge in [0.15, 0.2) is 0 Å². The van der Waals surface area contributed by atoms with E-state index in [1.165, 1.54) is 0 Å². The summed E-state index contributed by atoms with van der Waals surface area (Å²) in [5, 5.41) is 9.39. The second-order valence-electron chi connectivity index (χ2n) is 4.38. The number of fused-ring (bicyclic) bond motifs is 1. The van der Waals surface area contributed by atoms with E-state index in [0.717, 1.165) is 21.1 Å². The second kappa shape index (κ2) is 6.67. The van der Waals surface area contributed by atoms with Gasteiger partial charge in [-0.2, -0.15) is 0 Å². The van der Waals surface area contributed by atoms with Crippen LogP contribution < -0.4 is 10.2 Å². The summed E-state index contributed by atoms with van der Waals surface area (Å²) in [6, 6.07) is 7.70. The molecule has 2 N–H and O–H groups in total. The number of hydroxylamine groups is 1. The number of carbonyl (C=O) groups is 1. The highest BCUT2D eigenvalue weighted by Gasteiger charge is 2.08. The number of pyridine rings is 1. The fourth-order valence-corrected chi connectivity index (χ4v) is 2.29. The van der Waals surface area contributed by atoms with Crippen molar-refractivity contribution in [2.45, 2.75) is 19.8 Å². The van der Waals surface area contributed by atoms with E-state index in [1.54, 1.807) is 5.48 Å². The normalized spacial score (nSPS) is 10.6. The number of aryl methyl sites for hydroxylation is 1. The van der Waals surface area contributed by atoms with E-state index in [-0.39, 0.29) is 6.42 Å². The Labute approximate surface area is 125 Å². The van der Waals surface area contributed by atoms with Gasteiger partial charge in [0.05, 0.1) is 6.61 Å². The lowest BCUT2D eigenvalue weighted by Gasteiger charge is -2.10. The standard InChI is InChI=1S/C14H15BrN2O3/c1-9-4-5-10-11(15)6-7-12(14(10)16-9)20-8-2-3-13(18)17-19/h4-7,19H,2-3,8H2,1H3,(H,17,18). The van der Waals surface area contributed by atoms with Crippen molar-refractivity contribution in [2.75, 3.05) is 6.61 Å². The van der Waals surface area contributed by atoms with Crippen LogP contribution in [0.3, 0.4) is 0 Å². The number of carbonyl (C=O) groups excluding carboxylic acids is 1. The third-order valence-corrected chi connectivity index (χ3v) is 3.53. The number of rotatable bonds is 5. The van der Waals surface area contributed by atoms with Crippen LogP contribution in [0.15, 0.2) is 28.7 Å². The molecular formula is C14H15BrN2O3. The first kappa shape index (κ1) is 14.7. The second-order valence-corrected chi connectivity index (χ2v) is 5.24. The van der Waals surface area contributed by atoms with Crippen molar-refractivity contribution in [2.24, 2.45) is 0 Å². The summed E-state index contributed by atoms with van der Waals surface area (Å²) in [7, 11) is 0. The summed E-state index contributed by atoms with van der Waals surface area (Å²) >= 11 is 3.49. The van der Waals surface area contributed by atoms with E-state index in [9.17, 15) is 4.79 Å². The fraction of sp³-hybridized carbons (Fsp3) is 0.286. The molecule has 5 nitrogen and oxygen atoms in total. The lowest BCUT2D eigenvalue weighted by atomic mass is 10.2. The molecule has 2 rings (SSSR count). The van der Waals surface area contributed by atoms with Crippen molar-refractivity contribution in [1.29, 1.82) is 0 Å². The molecule has 0 bridgehead atoms. The maximum absolute atomic E-state index is 10.9. The van der Waals surface area contributed by atoms with Crippen LogP contribution in [-0.2, 0) is 4.79 Å². The Hall–Kier alpha value is -1.66. The number of ether oxygens (including phenoxy) is 1. The average Bonchev–Trinajstić information content (AvgIpc) is 2.45. The van der Waals surface area contributed by atoms with E-state index in [0.29, 0.717) is 18.8 Å². The van der Waals surface area contributed by atoms with Gasteiger partial charge in [0, 0.05) is 22.0 Å². The molecule has 0 saturated heterocycles.